The number of hydrogen-bond acceptors (Lipinski definition) is 3. The van der Waals surface area contributed by atoms with Crippen LogP contribution in [-0.2, 0) is 0 Å². The Balaban J connectivity index is 1.68. The van der Waals surface area contributed by atoms with Crippen LogP contribution in [-0.4, -0.2) is 25.8 Å². The molecule has 0 saturated heterocycles. The van der Waals surface area contributed by atoms with Crippen molar-refractivity contribution in [3.05, 3.63) is 24.3 Å². The summed E-state index contributed by atoms with van der Waals surface area (Å²) in [5.74, 6) is 2.59. The Hall–Kier alpha value is -1.22. The molecule has 0 aliphatic heterocycles. The van der Waals surface area contributed by atoms with Crippen molar-refractivity contribution in [3.8, 4) is 11.5 Å². The van der Waals surface area contributed by atoms with E-state index >= 15 is 0 Å². The second-order valence-corrected chi connectivity index (χ2v) is 5.45. The molecule has 0 heterocycles. The fraction of sp³-hybridized carbons (Fsp3) is 0.600. The summed E-state index contributed by atoms with van der Waals surface area (Å²) in [7, 11) is 1.67. The van der Waals surface area contributed by atoms with Gasteiger partial charge in [0, 0.05) is 12.1 Å². The predicted molar refractivity (Wildman–Crippen MR) is 73.3 cm³/mol. The minimum Gasteiger partial charge on any atom is -0.497 e. The van der Waals surface area contributed by atoms with Gasteiger partial charge in [0.2, 0.25) is 0 Å². The highest BCUT2D eigenvalue weighted by atomic mass is 16.5. The third-order valence-corrected chi connectivity index (χ3v) is 3.61. The molecule has 3 nitrogen and oxygen atoms in total. The summed E-state index contributed by atoms with van der Waals surface area (Å²) in [5.41, 5.74) is 0.253. The maximum absolute atomic E-state index is 5.68. The summed E-state index contributed by atoms with van der Waals surface area (Å²) < 4.78 is 10.8. The van der Waals surface area contributed by atoms with Crippen molar-refractivity contribution in [1.29, 1.82) is 0 Å². The van der Waals surface area contributed by atoms with Crippen LogP contribution >= 0.6 is 0 Å². The van der Waals surface area contributed by atoms with Crippen molar-refractivity contribution in [1.82, 2.24) is 5.32 Å². The second-order valence-electron chi connectivity index (χ2n) is 5.45. The zero-order chi connectivity index (χ0) is 13.0. The van der Waals surface area contributed by atoms with Gasteiger partial charge in [0.25, 0.3) is 0 Å². The molecule has 1 saturated carbocycles. The molecule has 18 heavy (non-hydrogen) atoms. The number of rotatable bonds is 7. The summed E-state index contributed by atoms with van der Waals surface area (Å²) in [6, 6.07) is 7.70. The van der Waals surface area contributed by atoms with Gasteiger partial charge in [-0.3, -0.25) is 0 Å². The maximum Gasteiger partial charge on any atom is 0.119 e. The summed E-state index contributed by atoms with van der Waals surface area (Å²) in [6.07, 6.45) is 2.72. The summed E-state index contributed by atoms with van der Waals surface area (Å²) in [4.78, 5) is 0. The van der Waals surface area contributed by atoms with Crippen LogP contribution in [0.15, 0.2) is 24.3 Å². The van der Waals surface area contributed by atoms with E-state index in [-0.39, 0.29) is 5.54 Å². The summed E-state index contributed by atoms with van der Waals surface area (Å²) >= 11 is 0. The van der Waals surface area contributed by atoms with Crippen LogP contribution in [0.1, 0.15) is 26.7 Å². The molecule has 100 valence electrons. The van der Waals surface area contributed by atoms with Gasteiger partial charge in [-0.1, -0.05) is 0 Å². The van der Waals surface area contributed by atoms with E-state index in [0.717, 1.165) is 24.0 Å². The average molecular weight is 249 g/mol. The molecule has 0 spiro atoms. The van der Waals surface area contributed by atoms with Crippen LogP contribution in [0.3, 0.4) is 0 Å². The quantitative estimate of drug-likeness (QED) is 0.754. The van der Waals surface area contributed by atoms with Gasteiger partial charge < -0.3 is 14.8 Å². The molecule has 0 radical (unpaired) electrons. The predicted octanol–water partition coefficient (Wildman–Crippen LogP) is 2.85. The lowest BCUT2D eigenvalue weighted by Crippen LogP contribution is -2.43. The third kappa shape index (κ3) is 3.64. The van der Waals surface area contributed by atoms with Crippen molar-refractivity contribution in [2.24, 2.45) is 5.92 Å². The SMILES string of the molecule is COc1ccc(OCCNC(C)(C)C2CC2)cc1. The fourth-order valence-corrected chi connectivity index (χ4v) is 2.16. The van der Waals surface area contributed by atoms with E-state index in [0.29, 0.717) is 6.61 Å². The molecule has 0 amide bonds. The highest BCUT2D eigenvalue weighted by Gasteiger charge is 2.36. The topological polar surface area (TPSA) is 30.5 Å². The maximum atomic E-state index is 5.68. The van der Waals surface area contributed by atoms with E-state index in [4.69, 9.17) is 9.47 Å². The minimum atomic E-state index is 0.253. The molecule has 1 aromatic carbocycles. The minimum absolute atomic E-state index is 0.253. The second kappa shape index (κ2) is 5.61. The van der Waals surface area contributed by atoms with Gasteiger partial charge in [0.15, 0.2) is 0 Å². The average Bonchev–Trinajstić information content (AvgIpc) is 3.20. The first-order chi connectivity index (χ1) is 8.62. The molecule has 0 unspecified atom stereocenters. The van der Waals surface area contributed by atoms with Crippen LogP contribution in [0.5, 0.6) is 11.5 Å². The van der Waals surface area contributed by atoms with E-state index in [2.05, 4.69) is 19.2 Å². The normalized spacial score (nSPS) is 15.5. The van der Waals surface area contributed by atoms with Gasteiger partial charge in [-0.25, -0.2) is 0 Å². The Morgan fingerprint density at radius 3 is 2.33 bits per heavy atom. The number of hydrogen-bond donors (Lipinski definition) is 1. The smallest absolute Gasteiger partial charge is 0.119 e. The number of ether oxygens (including phenoxy) is 2. The molecule has 1 fully saturated rings. The summed E-state index contributed by atoms with van der Waals surface area (Å²) in [6.45, 7) is 6.13. The Morgan fingerprint density at radius 1 is 1.17 bits per heavy atom. The molecule has 0 bridgehead atoms. The van der Waals surface area contributed by atoms with E-state index < -0.39 is 0 Å². The molecular weight excluding hydrogens is 226 g/mol. The molecule has 0 atom stereocenters. The van der Waals surface area contributed by atoms with Gasteiger partial charge in [0.05, 0.1) is 7.11 Å². The van der Waals surface area contributed by atoms with Crippen molar-refractivity contribution < 1.29 is 9.47 Å². The molecule has 0 aromatic heterocycles. The van der Waals surface area contributed by atoms with E-state index in [1.54, 1.807) is 7.11 Å². The Kier molecular flexibility index (Phi) is 4.12. The number of benzene rings is 1. The first-order valence-electron chi connectivity index (χ1n) is 6.64. The molecule has 1 N–H and O–H groups in total. The molecule has 3 heteroatoms. The fourth-order valence-electron chi connectivity index (χ4n) is 2.16. The Labute approximate surface area is 109 Å². The van der Waals surface area contributed by atoms with Gasteiger partial charge in [-0.05, 0) is 56.9 Å². The lowest BCUT2D eigenvalue weighted by molar-refractivity contribution is 0.270. The van der Waals surface area contributed by atoms with Gasteiger partial charge in [0.1, 0.15) is 18.1 Å². The van der Waals surface area contributed by atoms with Gasteiger partial charge >= 0.3 is 0 Å². The first kappa shape index (κ1) is 13.2. The summed E-state index contributed by atoms with van der Waals surface area (Å²) in [5, 5.41) is 3.56. The monoisotopic (exact) mass is 249 g/mol. The van der Waals surface area contributed by atoms with E-state index in [1.165, 1.54) is 12.8 Å². The van der Waals surface area contributed by atoms with E-state index in [9.17, 15) is 0 Å². The highest BCUT2D eigenvalue weighted by Crippen LogP contribution is 2.38. The van der Waals surface area contributed by atoms with Crippen molar-refractivity contribution in [2.45, 2.75) is 32.2 Å². The standard InChI is InChI=1S/C15H23NO2/c1-15(2,12-4-5-12)16-10-11-18-14-8-6-13(17-3)7-9-14/h6-9,12,16H,4-5,10-11H2,1-3H3. The van der Waals surface area contributed by atoms with E-state index in [1.807, 2.05) is 24.3 Å². The highest BCUT2D eigenvalue weighted by molar-refractivity contribution is 5.31. The lowest BCUT2D eigenvalue weighted by Gasteiger charge is -2.26. The van der Waals surface area contributed by atoms with Gasteiger partial charge in [-0.2, -0.15) is 0 Å². The van der Waals surface area contributed by atoms with Crippen LogP contribution in [0.25, 0.3) is 0 Å². The number of methoxy groups -OCH3 is 1. The van der Waals surface area contributed by atoms with Crippen molar-refractivity contribution in [3.63, 3.8) is 0 Å². The Morgan fingerprint density at radius 2 is 1.78 bits per heavy atom. The molecule has 1 aliphatic carbocycles. The molecule has 2 rings (SSSR count). The van der Waals surface area contributed by atoms with Crippen LogP contribution in [0.2, 0.25) is 0 Å². The van der Waals surface area contributed by atoms with Crippen LogP contribution < -0.4 is 14.8 Å². The van der Waals surface area contributed by atoms with Crippen molar-refractivity contribution in [2.75, 3.05) is 20.3 Å². The first-order valence-corrected chi connectivity index (χ1v) is 6.64. The van der Waals surface area contributed by atoms with Crippen molar-refractivity contribution >= 4 is 0 Å². The zero-order valence-electron chi connectivity index (χ0n) is 11.5. The lowest BCUT2D eigenvalue weighted by atomic mass is 9.99. The zero-order valence-corrected chi connectivity index (χ0v) is 11.5. The molecule has 1 aliphatic rings. The van der Waals surface area contributed by atoms with Gasteiger partial charge in [-0.15, -0.1) is 0 Å². The largest absolute Gasteiger partial charge is 0.497 e. The Bertz CT molecular complexity index is 369. The number of nitrogens with one attached hydrogen (secondary N) is 1. The molecule has 1 aromatic rings. The van der Waals surface area contributed by atoms with Crippen LogP contribution in [0.4, 0.5) is 0 Å². The molecular formula is C15H23NO2. The van der Waals surface area contributed by atoms with Crippen LogP contribution in [0, 0.1) is 5.92 Å². The third-order valence-electron chi connectivity index (χ3n) is 3.61.